The highest BCUT2D eigenvalue weighted by Crippen LogP contribution is 2.18. The second kappa shape index (κ2) is 5.22. The molecule has 2 rings (SSSR count). The second-order valence-corrected chi connectivity index (χ2v) is 4.73. The molecule has 1 N–H and O–H groups in total. The van der Waals surface area contributed by atoms with Gasteiger partial charge in [-0.25, -0.2) is 4.39 Å². The predicted molar refractivity (Wildman–Crippen MR) is 75.0 cm³/mol. The van der Waals surface area contributed by atoms with Crippen molar-refractivity contribution in [1.82, 2.24) is 0 Å². The van der Waals surface area contributed by atoms with Crippen LogP contribution in [-0.4, -0.2) is 5.91 Å². The van der Waals surface area contributed by atoms with Crippen LogP contribution in [0.25, 0.3) is 0 Å². The van der Waals surface area contributed by atoms with Gasteiger partial charge in [-0.05, 0) is 50.1 Å². The average Bonchev–Trinajstić information content (AvgIpc) is 2.33. The molecule has 2 aromatic carbocycles. The maximum Gasteiger partial charge on any atom is 0.255 e. The number of rotatable bonds is 2. The van der Waals surface area contributed by atoms with E-state index in [2.05, 4.69) is 5.32 Å². The first kappa shape index (κ1) is 13.3. The number of hydrogen-bond donors (Lipinski definition) is 1. The summed E-state index contributed by atoms with van der Waals surface area (Å²) in [5, 5.41) is 2.75. The first-order valence-electron chi connectivity index (χ1n) is 6.12. The number of amides is 1. The van der Waals surface area contributed by atoms with E-state index >= 15 is 0 Å². The molecule has 0 spiro atoms. The molecular formula is C16H16FNO. The van der Waals surface area contributed by atoms with Gasteiger partial charge in [0.25, 0.3) is 5.91 Å². The Morgan fingerprint density at radius 1 is 1.00 bits per heavy atom. The third-order valence-electron chi connectivity index (χ3n) is 3.07. The van der Waals surface area contributed by atoms with Crippen LogP contribution in [0.1, 0.15) is 27.0 Å². The van der Waals surface area contributed by atoms with E-state index in [9.17, 15) is 9.18 Å². The fraction of sp³-hybridized carbons (Fsp3) is 0.188. The number of hydrogen-bond acceptors (Lipinski definition) is 1. The topological polar surface area (TPSA) is 29.1 Å². The Kier molecular flexibility index (Phi) is 3.65. The quantitative estimate of drug-likeness (QED) is 0.865. The van der Waals surface area contributed by atoms with Gasteiger partial charge in [-0.2, -0.15) is 0 Å². The summed E-state index contributed by atoms with van der Waals surface area (Å²) in [4.78, 5) is 12.2. The predicted octanol–water partition coefficient (Wildman–Crippen LogP) is 4.00. The van der Waals surface area contributed by atoms with E-state index in [1.54, 1.807) is 12.1 Å². The summed E-state index contributed by atoms with van der Waals surface area (Å²) in [6, 6.07) is 9.98. The van der Waals surface area contributed by atoms with Crippen LogP contribution in [0.5, 0.6) is 0 Å². The van der Waals surface area contributed by atoms with Crippen molar-refractivity contribution in [2.24, 2.45) is 0 Å². The van der Waals surface area contributed by atoms with E-state index in [-0.39, 0.29) is 11.7 Å². The Labute approximate surface area is 112 Å². The maximum absolute atomic E-state index is 13.2. The minimum Gasteiger partial charge on any atom is -0.322 e. The number of nitrogens with one attached hydrogen (secondary N) is 1. The molecule has 0 aliphatic rings. The molecule has 0 atom stereocenters. The highest BCUT2D eigenvalue weighted by Gasteiger charge is 2.10. The first-order valence-corrected chi connectivity index (χ1v) is 6.12. The van der Waals surface area contributed by atoms with Gasteiger partial charge >= 0.3 is 0 Å². The lowest BCUT2D eigenvalue weighted by Gasteiger charge is -2.10. The Bertz CT molecular complexity index is 635. The lowest BCUT2D eigenvalue weighted by Crippen LogP contribution is -2.14. The molecule has 0 unspecified atom stereocenters. The zero-order valence-electron chi connectivity index (χ0n) is 11.3. The summed E-state index contributed by atoms with van der Waals surface area (Å²) < 4.78 is 13.2. The van der Waals surface area contributed by atoms with Crippen LogP contribution in [0.15, 0.2) is 36.4 Å². The Balaban J connectivity index is 2.28. The van der Waals surface area contributed by atoms with Gasteiger partial charge in [0, 0.05) is 11.3 Å². The summed E-state index contributed by atoms with van der Waals surface area (Å²) in [6.07, 6.45) is 0. The molecule has 0 fully saturated rings. The number of aryl methyl sites for hydroxylation is 3. The SMILES string of the molecule is Cc1ccc(C(=O)Nc2cc(F)ccc2C)c(C)c1. The molecule has 3 heteroatoms. The van der Waals surface area contributed by atoms with E-state index < -0.39 is 0 Å². The third-order valence-corrected chi connectivity index (χ3v) is 3.07. The van der Waals surface area contributed by atoms with Gasteiger partial charge in [0.1, 0.15) is 5.82 Å². The minimum absolute atomic E-state index is 0.216. The van der Waals surface area contributed by atoms with Gasteiger partial charge in [0.05, 0.1) is 0 Å². The van der Waals surface area contributed by atoms with Crippen LogP contribution < -0.4 is 5.32 Å². The summed E-state index contributed by atoms with van der Waals surface area (Å²) in [5.74, 6) is -0.576. The Morgan fingerprint density at radius 2 is 1.74 bits per heavy atom. The maximum atomic E-state index is 13.2. The number of carbonyl (C=O) groups is 1. The van der Waals surface area contributed by atoms with Crippen LogP contribution >= 0.6 is 0 Å². The molecule has 19 heavy (non-hydrogen) atoms. The van der Waals surface area contributed by atoms with E-state index in [0.29, 0.717) is 11.3 Å². The van der Waals surface area contributed by atoms with E-state index in [0.717, 1.165) is 16.7 Å². The minimum atomic E-state index is -0.360. The zero-order chi connectivity index (χ0) is 14.0. The van der Waals surface area contributed by atoms with Crippen LogP contribution in [0, 0.1) is 26.6 Å². The van der Waals surface area contributed by atoms with Crippen molar-refractivity contribution in [3.8, 4) is 0 Å². The van der Waals surface area contributed by atoms with Crippen molar-refractivity contribution in [1.29, 1.82) is 0 Å². The zero-order valence-corrected chi connectivity index (χ0v) is 11.3. The number of benzene rings is 2. The van der Waals surface area contributed by atoms with Crippen LogP contribution in [0.4, 0.5) is 10.1 Å². The fourth-order valence-corrected chi connectivity index (χ4v) is 1.99. The highest BCUT2D eigenvalue weighted by molar-refractivity contribution is 6.05. The van der Waals surface area contributed by atoms with Crippen molar-refractivity contribution >= 4 is 11.6 Å². The molecule has 0 saturated carbocycles. The smallest absolute Gasteiger partial charge is 0.255 e. The van der Waals surface area contributed by atoms with Gasteiger partial charge in [-0.15, -0.1) is 0 Å². The standard InChI is InChI=1S/C16H16FNO/c1-10-4-7-14(12(3)8-10)16(19)18-15-9-13(17)6-5-11(15)2/h4-9H,1-3H3,(H,18,19). The van der Waals surface area contributed by atoms with Crippen LogP contribution in [0.3, 0.4) is 0 Å². The van der Waals surface area contributed by atoms with Crippen LogP contribution in [0.2, 0.25) is 0 Å². The summed E-state index contributed by atoms with van der Waals surface area (Å²) >= 11 is 0. The molecule has 0 saturated heterocycles. The highest BCUT2D eigenvalue weighted by atomic mass is 19.1. The molecule has 1 amide bonds. The molecule has 0 aliphatic heterocycles. The molecule has 0 radical (unpaired) electrons. The lowest BCUT2D eigenvalue weighted by atomic mass is 10.0. The summed E-state index contributed by atoms with van der Waals surface area (Å²) in [7, 11) is 0. The third kappa shape index (κ3) is 2.99. The Morgan fingerprint density at radius 3 is 2.42 bits per heavy atom. The lowest BCUT2D eigenvalue weighted by molar-refractivity contribution is 0.102. The molecule has 2 nitrogen and oxygen atoms in total. The average molecular weight is 257 g/mol. The van der Waals surface area contributed by atoms with Crippen molar-refractivity contribution in [2.75, 3.05) is 5.32 Å². The largest absolute Gasteiger partial charge is 0.322 e. The summed E-state index contributed by atoms with van der Waals surface area (Å²) in [5.41, 5.74) is 3.96. The number of anilines is 1. The van der Waals surface area contributed by atoms with Crippen molar-refractivity contribution in [2.45, 2.75) is 20.8 Å². The summed E-state index contributed by atoms with van der Waals surface area (Å²) in [6.45, 7) is 5.70. The van der Waals surface area contributed by atoms with Gasteiger partial charge < -0.3 is 5.32 Å². The van der Waals surface area contributed by atoms with Gasteiger partial charge in [-0.3, -0.25) is 4.79 Å². The van der Waals surface area contributed by atoms with Crippen molar-refractivity contribution in [3.05, 3.63) is 64.5 Å². The van der Waals surface area contributed by atoms with Crippen molar-refractivity contribution < 1.29 is 9.18 Å². The van der Waals surface area contributed by atoms with Gasteiger partial charge in [0.15, 0.2) is 0 Å². The second-order valence-electron chi connectivity index (χ2n) is 4.73. The monoisotopic (exact) mass is 257 g/mol. The van der Waals surface area contributed by atoms with E-state index in [1.807, 2.05) is 32.9 Å². The van der Waals surface area contributed by atoms with Gasteiger partial charge in [0.2, 0.25) is 0 Å². The van der Waals surface area contributed by atoms with Crippen molar-refractivity contribution in [3.63, 3.8) is 0 Å². The molecular weight excluding hydrogens is 241 g/mol. The van der Waals surface area contributed by atoms with Crippen LogP contribution in [-0.2, 0) is 0 Å². The molecule has 2 aromatic rings. The first-order chi connectivity index (χ1) is 8.97. The molecule has 0 heterocycles. The molecule has 0 bridgehead atoms. The van der Waals surface area contributed by atoms with Gasteiger partial charge in [-0.1, -0.05) is 23.8 Å². The molecule has 98 valence electrons. The molecule has 0 aliphatic carbocycles. The number of halogens is 1. The van der Waals surface area contributed by atoms with E-state index in [4.69, 9.17) is 0 Å². The Hall–Kier alpha value is -2.16. The number of carbonyl (C=O) groups excluding carboxylic acids is 1. The van der Waals surface area contributed by atoms with E-state index in [1.165, 1.54) is 12.1 Å². The fourth-order valence-electron chi connectivity index (χ4n) is 1.99. The normalized spacial score (nSPS) is 10.3. The molecule has 0 aromatic heterocycles.